The highest BCUT2D eigenvalue weighted by Gasteiger charge is 2.42. The first-order chi connectivity index (χ1) is 19.3. The molecule has 0 radical (unpaired) electrons. The minimum atomic E-state index is 0.980. The molecule has 9 aliphatic rings. The summed E-state index contributed by atoms with van der Waals surface area (Å²) in [6, 6.07) is 0. The molecule has 9 unspecified atom stereocenters. The van der Waals surface area contributed by atoms with Crippen molar-refractivity contribution in [3.05, 3.63) is 36.5 Å². The van der Waals surface area contributed by atoms with Crippen LogP contribution in [0.5, 0.6) is 0 Å². The van der Waals surface area contributed by atoms with E-state index >= 15 is 0 Å². The molecule has 6 fully saturated rings. The molecule has 0 heteroatoms. The van der Waals surface area contributed by atoms with E-state index in [2.05, 4.69) is 36.5 Å². The van der Waals surface area contributed by atoms with Crippen LogP contribution in [0, 0.1) is 71.0 Å². The molecule has 0 aromatic heterocycles. The second-order valence-corrected chi connectivity index (χ2v) is 16.0. The van der Waals surface area contributed by atoms with E-state index in [1.807, 2.05) is 0 Å². The first-order valence-corrected chi connectivity index (χ1v) is 18.3. The van der Waals surface area contributed by atoms with E-state index in [-0.39, 0.29) is 0 Å². The van der Waals surface area contributed by atoms with Crippen molar-refractivity contribution in [3.63, 3.8) is 0 Å². The fourth-order valence-electron chi connectivity index (χ4n) is 11.8. The highest BCUT2D eigenvalue weighted by atomic mass is 14.5. The van der Waals surface area contributed by atoms with Gasteiger partial charge in [0.15, 0.2) is 0 Å². The lowest BCUT2D eigenvalue weighted by molar-refractivity contribution is 0.219. The molecule has 0 N–H and O–H groups in total. The number of rotatable bonds is 3. The Kier molecular flexibility index (Phi) is 8.76. The highest BCUT2D eigenvalue weighted by Crippen LogP contribution is 2.52. The summed E-state index contributed by atoms with van der Waals surface area (Å²) in [5.41, 5.74) is 0. The molecule has 9 aliphatic carbocycles. The largest absolute Gasteiger partial charge is 0.0851 e. The summed E-state index contributed by atoms with van der Waals surface area (Å²) < 4.78 is 0. The molecular weight excluding hydrogens is 468 g/mol. The molecule has 216 valence electrons. The predicted octanol–water partition coefficient (Wildman–Crippen LogP) is 11.3. The minimum Gasteiger partial charge on any atom is -0.0851 e. The normalized spacial score (nSPS) is 44.5. The van der Waals surface area contributed by atoms with Crippen molar-refractivity contribution in [2.45, 2.75) is 135 Å². The van der Waals surface area contributed by atoms with Crippen molar-refractivity contribution >= 4 is 0 Å². The Hall–Kier alpha value is -0.780. The van der Waals surface area contributed by atoms with Crippen LogP contribution in [-0.4, -0.2) is 0 Å². The number of allylic oxidation sites excluding steroid dienone is 6. The summed E-state index contributed by atoms with van der Waals surface area (Å²) in [5.74, 6) is 12.5. The molecule has 9 atom stereocenters. The Balaban J connectivity index is 0.0000000976. The Morgan fingerprint density at radius 3 is 0.821 bits per heavy atom. The minimum absolute atomic E-state index is 0.980. The van der Waals surface area contributed by atoms with Crippen LogP contribution in [0.25, 0.3) is 0 Å². The van der Waals surface area contributed by atoms with Crippen LogP contribution < -0.4 is 0 Å². The van der Waals surface area contributed by atoms with Crippen LogP contribution in [-0.2, 0) is 0 Å². The van der Waals surface area contributed by atoms with Gasteiger partial charge in [-0.1, -0.05) is 133 Å². The fourth-order valence-corrected chi connectivity index (χ4v) is 11.8. The Morgan fingerprint density at radius 1 is 0.282 bits per heavy atom. The Bertz CT molecular complexity index is 856. The van der Waals surface area contributed by atoms with Gasteiger partial charge in [-0.15, -0.1) is 0 Å². The zero-order valence-electron chi connectivity index (χ0n) is 25.2. The molecule has 0 nitrogen and oxygen atoms in total. The van der Waals surface area contributed by atoms with Gasteiger partial charge in [-0.3, -0.25) is 0 Å². The van der Waals surface area contributed by atoms with Crippen LogP contribution in [0.15, 0.2) is 36.5 Å². The second-order valence-electron chi connectivity index (χ2n) is 16.0. The maximum atomic E-state index is 2.53. The lowest BCUT2D eigenvalue weighted by Gasteiger charge is -2.31. The van der Waals surface area contributed by atoms with Gasteiger partial charge >= 0.3 is 0 Å². The molecule has 39 heavy (non-hydrogen) atoms. The lowest BCUT2D eigenvalue weighted by Crippen LogP contribution is -2.21. The van der Waals surface area contributed by atoms with Crippen LogP contribution in [0.1, 0.15) is 135 Å². The quantitative estimate of drug-likeness (QED) is 0.252. The molecule has 9 rings (SSSR count). The molecule has 0 amide bonds. The number of fused-ring (bicyclic) bond motifs is 6. The van der Waals surface area contributed by atoms with Gasteiger partial charge in [-0.05, 0) is 110 Å². The van der Waals surface area contributed by atoms with E-state index in [9.17, 15) is 0 Å². The van der Waals surface area contributed by atoms with Crippen molar-refractivity contribution in [3.8, 4) is 0 Å². The van der Waals surface area contributed by atoms with Crippen LogP contribution >= 0.6 is 0 Å². The van der Waals surface area contributed by atoms with E-state index in [0.29, 0.717) is 0 Å². The van der Waals surface area contributed by atoms with Crippen molar-refractivity contribution in [2.75, 3.05) is 0 Å². The second kappa shape index (κ2) is 12.6. The third-order valence-corrected chi connectivity index (χ3v) is 13.8. The lowest BCUT2D eigenvalue weighted by atomic mass is 9.74. The molecular formula is C39H60. The molecule has 0 saturated heterocycles. The summed E-state index contributed by atoms with van der Waals surface area (Å²) in [6.07, 6.45) is 47.0. The predicted molar refractivity (Wildman–Crippen MR) is 166 cm³/mol. The monoisotopic (exact) mass is 528 g/mol. The van der Waals surface area contributed by atoms with Gasteiger partial charge in [0.05, 0.1) is 0 Å². The number of hydrogen-bond donors (Lipinski definition) is 0. The average Bonchev–Trinajstić information content (AvgIpc) is 3.83. The molecule has 0 aromatic rings. The number of hydrogen-bond acceptors (Lipinski definition) is 0. The smallest absolute Gasteiger partial charge is 0.0197 e. The molecule has 0 spiro atoms. The summed E-state index contributed by atoms with van der Waals surface area (Å²) in [6.45, 7) is 0. The Labute approximate surface area is 241 Å². The van der Waals surface area contributed by atoms with Crippen molar-refractivity contribution in [1.29, 1.82) is 0 Å². The third-order valence-electron chi connectivity index (χ3n) is 13.8. The zero-order valence-corrected chi connectivity index (χ0v) is 25.2. The van der Waals surface area contributed by atoms with Gasteiger partial charge in [-0.25, -0.2) is 0 Å². The summed E-state index contributed by atoms with van der Waals surface area (Å²) in [5, 5.41) is 0. The van der Waals surface area contributed by atoms with Crippen molar-refractivity contribution < 1.29 is 0 Å². The van der Waals surface area contributed by atoms with Gasteiger partial charge in [0.2, 0.25) is 0 Å². The summed E-state index contributed by atoms with van der Waals surface area (Å²) in [7, 11) is 0. The molecule has 0 aliphatic heterocycles. The average molecular weight is 529 g/mol. The molecule has 0 aromatic carbocycles. The van der Waals surface area contributed by atoms with E-state index in [1.165, 1.54) is 96.3 Å². The molecule has 0 heterocycles. The van der Waals surface area contributed by atoms with Gasteiger partial charge in [0, 0.05) is 0 Å². The van der Waals surface area contributed by atoms with E-state index in [4.69, 9.17) is 0 Å². The molecule has 6 bridgehead atoms. The maximum absolute atomic E-state index is 2.53. The van der Waals surface area contributed by atoms with Gasteiger partial charge < -0.3 is 0 Å². The zero-order chi connectivity index (χ0) is 26.0. The van der Waals surface area contributed by atoms with E-state index < -0.39 is 0 Å². The molecule has 6 saturated carbocycles. The fraction of sp³-hybridized carbons (Fsp3) is 0.846. The van der Waals surface area contributed by atoms with Crippen molar-refractivity contribution in [2.24, 2.45) is 71.0 Å². The Morgan fingerprint density at radius 2 is 0.564 bits per heavy atom. The van der Waals surface area contributed by atoms with E-state index in [0.717, 1.165) is 71.0 Å². The van der Waals surface area contributed by atoms with Gasteiger partial charge in [-0.2, -0.15) is 0 Å². The van der Waals surface area contributed by atoms with E-state index in [1.54, 1.807) is 38.5 Å². The van der Waals surface area contributed by atoms with Crippen LogP contribution in [0.4, 0.5) is 0 Å². The maximum Gasteiger partial charge on any atom is -0.0197 e. The highest BCUT2D eigenvalue weighted by molar-refractivity contribution is 5.13. The van der Waals surface area contributed by atoms with Gasteiger partial charge in [0.1, 0.15) is 0 Å². The van der Waals surface area contributed by atoms with Crippen LogP contribution in [0.2, 0.25) is 0 Å². The first kappa shape index (κ1) is 27.1. The van der Waals surface area contributed by atoms with Crippen molar-refractivity contribution in [1.82, 2.24) is 0 Å². The standard InChI is InChI=1S/C14H22.C13H20.C12H18/c1-2-4-6-12(5-3-1)14-10-11-7-8-13(14)9-11;1-2-4-11(5-3-1)13-9-10-6-7-12(13)8-10;1-2-4-10(3-1)12-8-9-5-6-11(12)7-9/h7-8,11-14H,1-6,9-10H2;6-7,10-13H,1-5,8-9H2;5-6,9-12H,1-4,7-8H2. The summed E-state index contributed by atoms with van der Waals surface area (Å²) >= 11 is 0. The van der Waals surface area contributed by atoms with Gasteiger partial charge in [0.25, 0.3) is 0 Å². The van der Waals surface area contributed by atoms with Crippen LogP contribution in [0.3, 0.4) is 0 Å². The topological polar surface area (TPSA) is 0 Å². The first-order valence-electron chi connectivity index (χ1n) is 18.3. The third kappa shape index (κ3) is 6.21. The summed E-state index contributed by atoms with van der Waals surface area (Å²) in [4.78, 5) is 0. The SMILES string of the molecule is C1=CC2CC1CC2C1CCCC1.C1=CC2CC1CC2C1CCCCC1.C1=CC2CC1CC2C1CCCCCC1.